The van der Waals surface area contributed by atoms with E-state index in [0.717, 1.165) is 10.9 Å². The van der Waals surface area contributed by atoms with Crippen molar-refractivity contribution in [2.24, 2.45) is 0 Å². The van der Waals surface area contributed by atoms with Gasteiger partial charge in [-0.2, -0.15) is 0 Å². The molecular formula is C12H17BrClNO2. The lowest BCUT2D eigenvalue weighted by molar-refractivity contribution is -0.00546. The van der Waals surface area contributed by atoms with E-state index in [1.54, 1.807) is 12.1 Å². The minimum absolute atomic E-state index is 0. The van der Waals surface area contributed by atoms with Crippen molar-refractivity contribution in [2.45, 2.75) is 18.5 Å². The molecule has 1 unspecified atom stereocenters. The predicted octanol–water partition coefficient (Wildman–Crippen LogP) is 3.07. The van der Waals surface area contributed by atoms with Gasteiger partial charge in [0.2, 0.25) is 0 Å². The average Bonchev–Trinajstić information content (AvgIpc) is 2.28. The molecule has 0 heterocycles. The van der Waals surface area contributed by atoms with E-state index in [0.29, 0.717) is 5.56 Å². The van der Waals surface area contributed by atoms with Gasteiger partial charge in [0.25, 0.3) is 0 Å². The van der Waals surface area contributed by atoms with Crippen molar-refractivity contribution in [1.82, 2.24) is 4.90 Å². The highest BCUT2D eigenvalue weighted by Crippen LogP contribution is 2.10. The number of carbonyl (C=O) groups is 1. The van der Waals surface area contributed by atoms with Crippen molar-refractivity contribution >= 4 is 34.3 Å². The predicted molar refractivity (Wildman–Crippen MR) is 74.9 cm³/mol. The molecule has 1 aromatic carbocycles. The summed E-state index contributed by atoms with van der Waals surface area (Å²) >= 11 is 3.36. The average molecular weight is 323 g/mol. The Balaban J connectivity index is 0.00000256. The Kier molecular flexibility index (Phi) is 7.43. The van der Waals surface area contributed by atoms with Gasteiger partial charge < -0.3 is 4.74 Å². The summed E-state index contributed by atoms with van der Waals surface area (Å²) in [6.45, 7) is 1.84. The second-order valence-corrected chi connectivity index (χ2v) is 4.36. The number of carbonyl (C=O) groups excluding carboxylic acids is 1. The maximum Gasteiger partial charge on any atom is 0.339 e. The molecule has 0 radical (unpaired) electrons. The molecule has 1 rings (SSSR count). The van der Waals surface area contributed by atoms with E-state index in [1.807, 2.05) is 38.1 Å². The first-order valence-corrected chi connectivity index (χ1v) is 6.19. The number of benzene rings is 1. The van der Waals surface area contributed by atoms with Crippen LogP contribution in [0, 0.1) is 0 Å². The van der Waals surface area contributed by atoms with Crippen LogP contribution in [0.25, 0.3) is 0 Å². The molecule has 0 bridgehead atoms. The highest BCUT2D eigenvalue weighted by atomic mass is 79.9. The summed E-state index contributed by atoms with van der Waals surface area (Å²) in [4.78, 5) is 13.5. The molecule has 1 aromatic rings. The molecule has 0 aliphatic heterocycles. The Labute approximate surface area is 117 Å². The molecular weight excluding hydrogens is 305 g/mol. The quantitative estimate of drug-likeness (QED) is 0.485. The van der Waals surface area contributed by atoms with Crippen LogP contribution in [0.15, 0.2) is 24.3 Å². The maximum atomic E-state index is 11.7. The number of hydrogen-bond donors (Lipinski definition) is 0. The van der Waals surface area contributed by atoms with Gasteiger partial charge in [0.1, 0.15) is 0 Å². The van der Waals surface area contributed by atoms with Crippen molar-refractivity contribution < 1.29 is 9.53 Å². The van der Waals surface area contributed by atoms with Crippen LogP contribution in [-0.4, -0.2) is 31.2 Å². The fourth-order valence-electron chi connectivity index (χ4n) is 1.06. The summed E-state index contributed by atoms with van der Waals surface area (Å²) in [5.74, 6) is -0.290. The first-order chi connectivity index (χ1) is 7.54. The van der Waals surface area contributed by atoms with E-state index in [4.69, 9.17) is 4.74 Å². The lowest BCUT2D eigenvalue weighted by Gasteiger charge is -2.19. The number of esters is 1. The van der Waals surface area contributed by atoms with E-state index in [9.17, 15) is 4.79 Å². The Morgan fingerprint density at radius 2 is 1.88 bits per heavy atom. The van der Waals surface area contributed by atoms with Crippen molar-refractivity contribution in [2.75, 3.05) is 14.1 Å². The fraction of sp³-hybridized carbons (Fsp3) is 0.417. The Morgan fingerprint density at radius 1 is 1.35 bits per heavy atom. The van der Waals surface area contributed by atoms with E-state index >= 15 is 0 Å². The molecule has 0 N–H and O–H groups in total. The third kappa shape index (κ3) is 5.06. The zero-order valence-electron chi connectivity index (χ0n) is 10.1. The highest BCUT2D eigenvalue weighted by Gasteiger charge is 2.12. The molecule has 17 heavy (non-hydrogen) atoms. The summed E-state index contributed by atoms with van der Waals surface area (Å²) in [5.41, 5.74) is 1.72. The SMILES string of the molecule is CC(OC(=O)c1ccc(CBr)cc1)N(C)C.Cl. The van der Waals surface area contributed by atoms with E-state index < -0.39 is 0 Å². The van der Waals surface area contributed by atoms with Crippen LogP contribution in [0.1, 0.15) is 22.8 Å². The van der Waals surface area contributed by atoms with Crippen molar-refractivity contribution in [3.05, 3.63) is 35.4 Å². The van der Waals surface area contributed by atoms with Crippen molar-refractivity contribution in [3.63, 3.8) is 0 Å². The van der Waals surface area contributed by atoms with Crippen LogP contribution >= 0.6 is 28.3 Å². The summed E-state index contributed by atoms with van der Waals surface area (Å²) in [5, 5.41) is 0.788. The summed E-state index contributed by atoms with van der Waals surface area (Å²) in [6, 6.07) is 7.37. The largest absolute Gasteiger partial charge is 0.443 e. The molecule has 0 fully saturated rings. The van der Waals surface area contributed by atoms with Crippen LogP contribution in [0.3, 0.4) is 0 Å². The van der Waals surface area contributed by atoms with Gasteiger partial charge in [-0.25, -0.2) is 4.79 Å². The molecule has 3 nitrogen and oxygen atoms in total. The monoisotopic (exact) mass is 321 g/mol. The first kappa shape index (κ1) is 16.4. The topological polar surface area (TPSA) is 29.5 Å². The second kappa shape index (κ2) is 7.69. The van der Waals surface area contributed by atoms with Crippen LogP contribution in [0.5, 0.6) is 0 Å². The summed E-state index contributed by atoms with van der Waals surface area (Å²) < 4.78 is 5.25. The van der Waals surface area contributed by atoms with Gasteiger partial charge in [-0.3, -0.25) is 4.90 Å². The van der Waals surface area contributed by atoms with Gasteiger partial charge in [0.15, 0.2) is 6.23 Å². The Hall–Kier alpha value is -0.580. The van der Waals surface area contributed by atoms with Gasteiger partial charge in [-0.15, -0.1) is 12.4 Å². The molecule has 0 saturated carbocycles. The molecule has 96 valence electrons. The molecule has 5 heteroatoms. The molecule has 0 aliphatic carbocycles. The third-order valence-corrected chi connectivity index (χ3v) is 3.00. The number of ether oxygens (including phenoxy) is 1. The molecule has 1 atom stereocenters. The van der Waals surface area contributed by atoms with Crippen molar-refractivity contribution in [3.8, 4) is 0 Å². The zero-order valence-corrected chi connectivity index (χ0v) is 12.5. The highest BCUT2D eigenvalue weighted by molar-refractivity contribution is 9.08. The van der Waals surface area contributed by atoms with Gasteiger partial charge in [-0.05, 0) is 38.7 Å². The van der Waals surface area contributed by atoms with Crippen LogP contribution in [0.2, 0.25) is 0 Å². The second-order valence-electron chi connectivity index (χ2n) is 3.80. The Bertz CT molecular complexity index is 354. The molecule has 0 aliphatic rings. The molecule has 0 spiro atoms. The van der Waals surface area contributed by atoms with Gasteiger partial charge in [-0.1, -0.05) is 28.1 Å². The molecule has 0 aromatic heterocycles. The van der Waals surface area contributed by atoms with Gasteiger partial charge in [0.05, 0.1) is 5.56 Å². The Morgan fingerprint density at radius 3 is 2.29 bits per heavy atom. The van der Waals surface area contributed by atoms with Crippen LogP contribution in [0.4, 0.5) is 0 Å². The number of alkyl halides is 1. The summed E-state index contributed by atoms with van der Waals surface area (Å²) in [7, 11) is 3.73. The number of halogens is 2. The van der Waals surface area contributed by atoms with E-state index in [-0.39, 0.29) is 24.6 Å². The summed E-state index contributed by atoms with van der Waals surface area (Å²) in [6.07, 6.45) is -0.219. The lowest BCUT2D eigenvalue weighted by atomic mass is 10.1. The lowest BCUT2D eigenvalue weighted by Crippen LogP contribution is -2.29. The minimum atomic E-state index is -0.290. The number of nitrogens with zero attached hydrogens (tertiary/aromatic N) is 1. The fourth-order valence-corrected chi connectivity index (χ4v) is 1.43. The maximum absolute atomic E-state index is 11.7. The van der Waals surface area contributed by atoms with Gasteiger partial charge >= 0.3 is 5.97 Å². The number of hydrogen-bond acceptors (Lipinski definition) is 3. The first-order valence-electron chi connectivity index (χ1n) is 5.07. The van der Waals surface area contributed by atoms with Crippen molar-refractivity contribution in [1.29, 1.82) is 0 Å². The molecule has 0 saturated heterocycles. The molecule has 0 amide bonds. The minimum Gasteiger partial charge on any atom is -0.443 e. The third-order valence-electron chi connectivity index (χ3n) is 2.35. The van der Waals surface area contributed by atoms with E-state index in [2.05, 4.69) is 15.9 Å². The van der Waals surface area contributed by atoms with Crippen LogP contribution in [-0.2, 0) is 10.1 Å². The van der Waals surface area contributed by atoms with Crippen LogP contribution < -0.4 is 0 Å². The van der Waals surface area contributed by atoms with Gasteiger partial charge in [0, 0.05) is 5.33 Å². The smallest absolute Gasteiger partial charge is 0.339 e. The normalized spacial score (nSPS) is 11.8. The van der Waals surface area contributed by atoms with E-state index in [1.165, 1.54) is 0 Å². The number of rotatable bonds is 4. The zero-order chi connectivity index (χ0) is 12.1. The standard InChI is InChI=1S/C12H16BrNO2.ClH/c1-9(14(2)3)16-12(15)11-6-4-10(8-13)5-7-11;/h4-7,9H,8H2,1-3H3;1H.